The highest BCUT2D eigenvalue weighted by molar-refractivity contribution is 7.16. The van der Waals surface area contributed by atoms with Crippen molar-refractivity contribution in [3.63, 3.8) is 0 Å². The summed E-state index contributed by atoms with van der Waals surface area (Å²) < 4.78 is 0.701. The summed E-state index contributed by atoms with van der Waals surface area (Å²) in [6.45, 7) is 0.851. The number of para-hydroxylation sites is 1. The third-order valence-corrected chi connectivity index (χ3v) is 5.55. The molecule has 7 heteroatoms. The second-order valence-corrected chi connectivity index (χ2v) is 7.96. The van der Waals surface area contributed by atoms with Gasteiger partial charge in [0.1, 0.15) is 0 Å². The first-order valence-corrected chi connectivity index (χ1v) is 9.07. The lowest BCUT2D eigenvalue weighted by atomic mass is 10.1. The number of hydrogen-bond acceptors (Lipinski definition) is 3. The molecular weight excluding hydrogens is 367 g/mol. The number of hydrogen-bond donors (Lipinski definition) is 0. The van der Waals surface area contributed by atoms with Gasteiger partial charge in [-0.2, -0.15) is 0 Å². The lowest BCUT2D eigenvalue weighted by molar-refractivity contribution is -0.135. The molecule has 0 N–H and O–H groups in total. The van der Waals surface area contributed by atoms with Crippen LogP contribution in [0, 0.1) is 5.92 Å². The van der Waals surface area contributed by atoms with Gasteiger partial charge in [0.05, 0.1) is 27.5 Å². The number of thiophene rings is 1. The molecule has 0 bridgehead atoms. The maximum atomic E-state index is 12.6. The molecule has 0 saturated carbocycles. The number of carbonyl (C=O) groups excluding carboxylic acids is 2. The first kappa shape index (κ1) is 17.3. The summed E-state index contributed by atoms with van der Waals surface area (Å²) in [7, 11) is 1.75. The number of nitrogens with zero attached hydrogens (tertiary/aromatic N) is 2. The smallest absolute Gasteiger partial charge is 0.228 e. The maximum absolute atomic E-state index is 12.6. The Labute approximate surface area is 154 Å². The molecule has 0 radical (unpaired) electrons. The van der Waals surface area contributed by atoms with Gasteiger partial charge < -0.3 is 9.80 Å². The van der Waals surface area contributed by atoms with Crippen molar-refractivity contribution in [2.24, 2.45) is 5.92 Å². The Morgan fingerprint density at radius 1 is 1.29 bits per heavy atom. The summed E-state index contributed by atoms with van der Waals surface area (Å²) >= 11 is 13.5. The fourth-order valence-electron chi connectivity index (χ4n) is 2.84. The van der Waals surface area contributed by atoms with Crippen molar-refractivity contribution < 1.29 is 9.59 Å². The van der Waals surface area contributed by atoms with E-state index in [0.717, 1.165) is 4.88 Å². The minimum absolute atomic E-state index is 0.0394. The molecule has 1 aliphatic heterocycles. The van der Waals surface area contributed by atoms with Crippen LogP contribution in [-0.4, -0.2) is 30.3 Å². The van der Waals surface area contributed by atoms with E-state index in [1.165, 1.54) is 11.3 Å². The summed E-state index contributed by atoms with van der Waals surface area (Å²) in [6.07, 6.45) is 0.208. The van der Waals surface area contributed by atoms with Crippen molar-refractivity contribution in [1.29, 1.82) is 0 Å². The van der Waals surface area contributed by atoms with Crippen LogP contribution < -0.4 is 4.90 Å². The van der Waals surface area contributed by atoms with E-state index in [2.05, 4.69) is 0 Å². The molecule has 1 atom stereocenters. The van der Waals surface area contributed by atoms with E-state index in [4.69, 9.17) is 23.2 Å². The zero-order valence-electron chi connectivity index (χ0n) is 13.0. The van der Waals surface area contributed by atoms with Crippen molar-refractivity contribution >= 4 is 52.0 Å². The monoisotopic (exact) mass is 382 g/mol. The van der Waals surface area contributed by atoms with Gasteiger partial charge in [-0.1, -0.05) is 35.3 Å². The first-order valence-electron chi connectivity index (χ1n) is 7.50. The second-order valence-electron chi connectivity index (χ2n) is 5.76. The minimum Gasteiger partial charge on any atom is -0.340 e. The van der Waals surface area contributed by atoms with Crippen LogP contribution in [0.2, 0.25) is 9.36 Å². The average Bonchev–Trinajstić information content (AvgIpc) is 3.13. The Balaban J connectivity index is 1.68. The third kappa shape index (κ3) is 3.58. The Kier molecular flexibility index (Phi) is 5.13. The van der Waals surface area contributed by atoms with Crippen LogP contribution in [0.15, 0.2) is 36.4 Å². The summed E-state index contributed by atoms with van der Waals surface area (Å²) in [6, 6.07) is 10.9. The van der Waals surface area contributed by atoms with Gasteiger partial charge in [0, 0.05) is 24.9 Å². The van der Waals surface area contributed by atoms with Crippen molar-refractivity contribution in [3.05, 3.63) is 50.6 Å². The normalized spacial score (nSPS) is 17.4. The highest BCUT2D eigenvalue weighted by Crippen LogP contribution is 2.32. The van der Waals surface area contributed by atoms with E-state index in [0.29, 0.717) is 28.1 Å². The van der Waals surface area contributed by atoms with E-state index in [1.807, 2.05) is 24.3 Å². The fraction of sp³-hybridized carbons (Fsp3) is 0.294. The van der Waals surface area contributed by atoms with Gasteiger partial charge in [-0.25, -0.2) is 0 Å². The number of amides is 2. The van der Waals surface area contributed by atoms with Crippen LogP contribution >= 0.6 is 34.5 Å². The van der Waals surface area contributed by atoms with Crippen LogP contribution in [0.4, 0.5) is 5.69 Å². The van der Waals surface area contributed by atoms with Crippen LogP contribution in [0.3, 0.4) is 0 Å². The third-order valence-electron chi connectivity index (χ3n) is 4.02. The number of rotatable bonds is 4. The molecule has 1 unspecified atom stereocenters. The number of halogens is 2. The summed E-state index contributed by atoms with van der Waals surface area (Å²) in [5.41, 5.74) is 0.659. The van der Waals surface area contributed by atoms with E-state index < -0.39 is 0 Å². The molecule has 24 heavy (non-hydrogen) atoms. The van der Waals surface area contributed by atoms with Gasteiger partial charge in [0.15, 0.2) is 0 Å². The lowest BCUT2D eigenvalue weighted by Crippen LogP contribution is -2.34. The molecule has 2 heterocycles. The van der Waals surface area contributed by atoms with E-state index in [1.54, 1.807) is 29.0 Å². The van der Waals surface area contributed by atoms with E-state index in [-0.39, 0.29) is 24.2 Å². The van der Waals surface area contributed by atoms with Crippen molar-refractivity contribution in [1.82, 2.24) is 4.90 Å². The van der Waals surface area contributed by atoms with Crippen LogP contribution in [0.5, 0.6) is 0 Å². The zero-order valence-corrected chi connectivity index (χ0v) is 15.4. The van der Waals surface area contributed by atoms with Crippen LogP contribution in [0.1, 0.15) is 11.3 Å². The second kappa shape index (κ2) is 7.13. The summed E-state index contributed by atoms with van der Waals surface area (Å²) in [5.74, 6) is -0.467. The Morgan fingerprint density at radius 2 is 2.04 bits per heavy atom. The fourth-order valence-corrected chi connectivity index (χ4v) is 4.22. The standard InChI is InChI=1S/C17H16Cl2N2O2S/c1-20(10-12-6-7-15(19)24-12)17(23)11-8-16(22)21(9-11)14-5-3-2-4-13(14)18/h2-7,11H,8-10H2,1H3. The number of anilines is 1. The number of benzene rings is 1. The molecule has 1 aliphatic rings. The van der Waals surface area contributed by atoms with Crippen molar-refractivity contribution in [3.8, 4) is 0 Å². The predicted octanol–water partition coefficient (Wildman–Crippen LogP) is 4.07. The molecule has 126 valence electrons. The molecule has 3 rings (SSSR count). The summed E-state index contributed by atoms with van der Waals surface area (Å²) in [4.78, 5) is 29.2. The molecule has 1 fully saturated rings. The Bertz CT molecular complexity index is 777. The molecule has 0 aliphatic carbocycles. The molecule has 1 saturated heterocycles. The van der Waals surface area contributed by atoms with Gasteiger partial charge in [0.2, 0.25) is 11.8 Å². The van der Waals surface area contributed by atoms with Gasteiger partial charge in [-0.15, -0.1) is 11.3 Å². The van der Waals surface area contributed by atoms with Crippen LogP contribution in [0.25, 0.3) is 0 Å². The molecular formula is C17H16Cl2N2O2S. The highest BCUT2D eigenvalue weighted by Gasteiger charge is 2.37. The Morgan fingerprint density at radius 3 is 2.71 bits per heavy atom. The quantitative estimate of drug-likeness (QED) is 0.799. The molecule has 2 amide bonds. The lowest BCUT2D eigenvalue weighted by Gasteiger charge is -2.21. The molecule has 2 aromatic rings. The maximum Gasteiger partial charge on any atom is 0.228 e. The van der Waals surface area contributed by atoms with Gasteiger partial charge in [-0.3, -0.25) is 9.59 Å². The zero-order chi connectivity index (χ0) is 17.3. The van der Waals surface area contributed by atoms with Crippen molar-refractivity contribution in [2.75, 3.05) is 18.5 Å². The minimum atomic E-state index is -0.353. The SMILES string of the molecule is CN(Cc1ccc(Cl)s1)C(=O)C1CC(=O)N(c2ccccc2Cl)C1. The van der Waals surface area contributed by atoms with E-state index in [9.17, 15) is 9.59 Å². The predicted molar refractivity (Wildman–Crippen MR) is 97.7 cm³/mol. The van der Waals surface area contributed by atoms with Gasteiger partial charge in [-0.05, 0) is 24.3 Å². The van der Waals surface area contributed by atoms with E-state index >= 15 is 0 Å². The van der Waals surface area contributed by atoms with Crippen molar-refractivity contribution in [2.45, 2.75) is 13.0 Å². The largest absolute Gasteiger partial charge is 0.340 e. The molecule has 0 spiro atoms. The van der Waals surface area contributed by atoms with Gasteiger partial charge in [0.25, 0.3) is 0 Å². The van der Waals surface area contributed by atoms with Gasteiger partial charge >= 0.3 is 0 Å². The van der Waals surface area contributed by atoms with Crippen LogP contribution in [-0.2, 0) is 16.1 Å². The first-order chi connectivity index (χ1) is 11.5. The summed E-state index contributed by atoms with van der Waals surface area (Å²) in [5, 5.41) is 0.514. The molecule has 4 nitrogen and oxygen atoms in total. The topological polar surface area (TPSA) is 40.6 Å². The molecule has 1 aromatic carbocycles. The highest BCUT2D eigenvalue weighted by atomic mass is 35.5. The Hall–Kier alpha value is -1.56. The average molecular weight is 383 g/mol. The molecule has 1 aromatic heterocycles. The number of carbonyl (C=O) groups is 2.